The Labute approximate surface area is 165 Å². The van der Waals surface area contributed by atoms with E-state index >= 15 is 0 Å². The Morgan fingerprint density at radius 3 is 2.68 bits per heavy atom. The molecule has 6 heteroatoms. The standard InChI is InChI=1S/C22H27N3O3/c1-4-10-25-21(14-6-5-7-15(12-14)28-3)18-19(23-24-20(18)22(25)27)16-11-13(2)8-9-17(16)26/h5-9,11-12,18-21,23-24,26H,4,10H2,1-3H3. The Morgan fingerprint density at radius 1 is 1.14 bits per heavy atom. The summed E-state index contributed by atoms with van der Waals surface area (Å²) < 4.78 is 5.42. The van der Waals surface area contributed by atoms with E-state index in [0.29, 0.717) is 6.54 Å². The number of phenols is 1. The zero-order valence-electron chi connectivity index (χ0n) is 16.5. The first kappa shape index (κ1) is 18.8. The van der Waals surface area contributed by atoms with Gasteiger partial charge < -0.3 is 14.7 Å². The van der Waals surface area contributed by atoms with E-state index in [2.05, 4.69) is 23.8 Å². The Bertz CT molecular complexity index is 885. The lowest BCUT2D eigenvalue weighted by atomic mass is 9.82. The van der Waals surface area contributed by atoms with E-state index in [0.717, 1.165) is 28.9 Å². The topological polar surface area (TPSA) is 73.8 Å². The number of carbonyl (C=O) groups is 1. The summed E-state index contributed by atoms with van der Waals surface area (Å²) in [6.45, 7) is 4.78. The number of rotatable bonds is 5. The van der Waals surface area contributed by atoms with Crippen LogP contribution in [0.4, 0.5) is 0 Å². The van der Waals surface area contributed by atoms with E-state index in [1.165, 1.54) is 0 Å². The number of phenolic OH excluding ortho intramolecular Hbond substituents is 1. The number of aryl methyl sites for hydroxylation is 1. The van der Waals surface area contributed by atoms with Crippen LogP contribution < -0.4 is 15.6 Å². The van der Waals surface area contributed by atoms with Crippen molar-refractivity contribution >= 4 is 5.91 Å². The van der Waals surface area contributed by atoms with E-state index in [9.17, 15) is 9.90 Å². The summed E-state index contributed by atoms with van der Waals surface area (Å²) in [6, 6.07) is 12.9. The molecule has 2 aliphatic rings. The van der Waals surface area contributed by atoms with E-state index in [-0.39, 0.29) is 35.7 Å². The highest BCUT2D eigenvalue weighted by Crippen LogP contribution is 2.49. The second-order valence-corrected chi connectivity index (χ2v) is 7.64. The number of nitrogens with zero attached hydrogens (tertiary/aromatic N) is 1. The van der Waals surface area contributed by atoms with Gasteiger partial charge in [0.2, 0.25) is 5.91 Å². The number of hydrogen-bond donors (Lipinski definition) is 3. The van der Waals surface area contributed by atoms with Gasteiger partial charge in [-0.25, -0.2) is 10.9 Å². The van der Waals surface area contributed by atoms with Crippen molar-refractivity contribution in [1.82, 2.24) is 15.8 Å². The van der Waals surface area contributed by atoms with Gasteiger partial charge in [-0.15, -0.1) is 0 Å². The molecule has 0 saturated carbocycles. The van der Waals surface area contributed by atoms with Crippen LogP contribution in [-0.2, 0) is 4.79 Å². The second-order valence-electron chi connectivity index (χ2n) is 7.64. The van der Waals surface area contributed by atoms with Gasteiger partial charge in [-0.3, -0.25) is 4.79 Å². The zero-order valence-corrected chi connectivity index (χ0v) is 16.5. The van der Waals surface area contributed by atoms with E-state index in [1.54, 1.807) is 13.2 Å². The van der Waals surface area contributed by atoms with Crippen molar-refractivity contribution in [2.45, 2.75) is 38.4 Å². The summed E-state index contributed by atoms with van der Waals surface area (Å²) in [5.41, 5.74) is 9.42. The molecule has 2 saturated heterocycles. The van der Waals surface area contributed by atoms with Crippen molar-refractivity contribution in [2.24, 2.45) is 5.92 Å². The highest BCUT2D eigenvalue weighted by Gasteiger charge is 2.55. The molecule has 2 heterocycles. The average Bonchev–Trinajstić information content (AvgIpc) is 3.24. The van der Waals surface area contributed by atoms with Crippen LogP contribution in [-0.4, -0.2) is 35.6 Å². The maximum Gasteiger partial charge on any atom is 0.242 e. The predicted molar refractivity (Wildman–Crippen MR) is 107 cm³/mol. The molecule has 2 aliphatic heterocycles. The fourth-order valence-corrected chi connectivity index (χ4v) is 4.60. The quantitative estimate of drug-likeness (QED) is 0.743. The first-order valence-corrected chi connectivity index (χ1v) is 9.80. The van der Waals surface area contributed by atoms with Crippen LogP contribution in [0.2, 0.25) is 0 Å². The molecular formula is C22H27N3O3. The number of hydrogen-bond acceptors (Lipinski definition) is 5. The fourth-order valence-electron chi connectivity index (χ4n) is 4.60. The number of fused-ring (bicyclic) bond motifs is 1. The zero-order chi connectivity index (χ0) is 19.8. The number of ether oxygens (including phenoxy) is 1. The largest absolute Gasteiger partial charge is 0.508 e. The number of nitrogens with one attached hydrogen (secondary N) is 2. The maximum atomic E-state index is 13.2. The van der Waals surface area contributed by atoms with Crippen LogP contribution in [0, 0.1) is 12.8 Å². The van der Waals surface area contributed by atoms with E-state index < -0.39 is 0 Å². The number of aromatic hydroxyl groups is 1. The third-order valence-corrected chi connectivity index (χ3v) is 5.83. The normalized spacial score (nSPS) is 26.5. The lowest BCUT2D eigenvalue weighted by Gasteiger charge is -2.31. The van der Waals surface area contributed by atoms with Crippen LogP contribution in [0.15, 0.2) is 42.5 Å². The number of amides is 1. The summed E-state index contributed by atoms with van der Waals surface area (Å²) in [6.07, 6.45) is 0.888. The third-order valence-electron chi connectivity index (χ3n) is 5.83. The van der Waals surface area contributed by atoms with Gasteiger partial charge in [0.05, 0.1) is 19.2 Å². The molecular weight excluding hydrogens is 354 g/mol. The fraction of sp³-hybridized carbons (Fsp3) is 0.409. The molecule has 2 aromatic carbocycles. The van der Waals surface area contributed by atoms with Gasteiger partial charge in [0.1, 0.15) is 17.5 Å². The number of likely N-dealkylation sites (tertiary alicyclic amines) is 1. The first-order chi connectivity index (χ1) is 13.5. The summed E-state index contributed by atoms with van der Waals surface area (Å²) >= 11 is 0. The van der Waals surface area contributed by atoms with Crippen LogP contribution in [0.3, 0.4) is 0 Å². The summed E-state index contributed by atoms with van der Waals surface area (Å²) in [4.78, 5) is 15.1. The van der Waals surface area contributed by atoms with Crippen molar-refractivity contribution in [2.75, 3.05) is 13.7 Å². The molecule has 0 bridgehead atoms. The molecule has 148 valence electrons. The van der Waals surface area contributed by atoms with Gasteiger partial charge in [-0.05, 0) is 37.1 Å². The molecule has 6 nitrogen and oxygen atoms in total. The van der Waals surface area contributed by atoms with Gasteiger partial charge in [0.25, 0.3) is 0 Å². The van der Waals surface area contributed by atoms with Crippen molar-refractivity contribution < 1.29 is 14.6 Å². The molecule has 0 spiro atoms. The molecule has 4 unspecified atom stereocenters. The Kier molecular flexibility index (Phi) is 5.00. The van der Waals surface area contributed by atoms with Crippen molar-refractivity contribution in [3.63, 3.8) is 0 Å². The van der Waals surface area contributed by atoms with E-state index in [4.69, 9.17) is 4.74 Å². The number of hydrazine groups is 1. The van der Waals surface area contributed by atoms with Crippen LogP contribution in [0.5, 0.6) is 11.5 Å². The maximum absolute atomic E-state index is 13.2. The molecule has 2 fully saturated rings. The lowest BCUT2D eigenvalue weighted by Crippen LogP contribution is -2.41. The van der Waals surface area contributed by atoms with Gasteiger partial charge >= 0.3 is 0 Å². The Hall–Kier alpha value is -2.57. The summed E-state index contributed by atoms with van der Waals surface area (Å²) in [7, 11) is 1.65. The lowest BCUT2D eigenvalue weighted by molar-refractivity contribution is -0.130. The van der Waals surface area contributed by atoms with Crippen molar-refractivity contribution in [1.29, 1.82) is 0 Å². The molecule has 4 atom stereocenters. The minimum atomic E-state index is -0.326. The Morgan fingerprint density at radius 2 is 1.93 bits per heavy atom. The molecule has 4 rings (SSSR count). The highest BCUT2D eigenvalue weighted by molar-refractivity contribution is 5.86. The van der Waals surface area contributed by atoms with Gasteiger partial charge in [-0.1, -0.05) is 36.8 Å². The highest BCUT2D eigenvalue weighted by atomic mass is 16.5. The van der Waals surface area contributed by atoms with Crippen molar-refractivity contribution in [3.05, 3.63) is 59.2 Å². The Balaban J connectivity index is 1.80. The third kappa shape index (κ3) is 3.02. The molecule has 2 aromatic rings. The first-order valence-electron chi connectivity index (χ1n) is 9.80. The van der Waals surface area contributed by atoms with Gasteiger partial charge in [-0.2, -0.15) is 0 Å². The van der Waals surface area contributed by atoms with Crippen molar-refractivity contribution in [3.8, 4) is 11.5 Å². The molecule has 0 aromatic heterocycles. The number of methoxy groups -OCH3 is 1. The molecule has 28 heavy (non-hydrogen) atoms. The monoisotopic (exact) mass is 381 g/mol. The second kappa shape index (κ2) is 7.45. The summed E-state index contributed by atoms with van der Waals surface area (Å²) in [5, 5.41) is 10.5. The summed E-state index contributed by atoms with van der Waals surface area (Å²) in [5.74, 6) is 1.08. The van der Waals surface area contributed by atoms with Crippen LogP contribution in [0.1, 0.15) is 42.1 Å². The van der Waals surface area contributed by atoms with Crippen LogP contribution >= 0.6 is 0 Å². The average molecular weight is 381 g/mol. The van der Waals surface area contributed by atoms with Gasteiger partial charge in [0, 0.05) is 18.0 Å². The minimum absolute atomic E-state index is 0.0427. The van der Waals surface area contributed by atoms with E-state index in [1.807, 2.05) is 42.2 Å². The van der Waals surface area contributed by atoms with Gasteiger partial charge in [0.15, 0.2) is 0 Å². The smallest absolute Gasteiger partial charge is 0.242 e. The molecule has 0 aliphatic carbocycles. The predicted octanol–water partition coefficient (Wildman–Crippen LogP) is 2.84. The SMILES string of the molecule is CCCN1C(=O)C2NNC(c3cc(C)ccc3O)C2C1c1cccc(OC)c1. The number of benzene rings is 2. The minimum Gasteiger partial charge on any atom is -0.508 e. The molecule has 3 N–H and O–H groups in total. The van der Waals surface area contributed by atoms with Crippen LogP contribution in [0.25, 0.3) is 0 Å². The molecule has 1 amide bonds. The molecule has 0 radical (unpaired) electrons. The number of carbonyl (C=O) groups excluding carboxylic acids is 1.